The van der Waals surface area contributed by atoms with Crippen molar-refractivity contribution in [3.63, 3.8) is 0 Å². The summed E-state index contributed by atoms with van der Waals surface area (Å²) in [6.45, 7) is 7.58. The van der Waals surface area contributed by atoms with Crippen LogP contribution in [0, 0.1) is 6.92 Å². The van der Waals surface area contributed by atoms with Gasteiger partial charge in [0.1, 0.15) is 17.5 Å². The highest BCUT2D eigenvalue weighted by molar-refractivity contribution is 5.57. The van der Waals surface area contributed by atoms with Gasteiger partial charge in [0.25, 0.3) is 0 Å². The van der Waals surface area contributed by atoms with Crippen LogP contribution in [0.1, 0.15) is 44.0 Å². The minimum absolute atomic E-state index is 0.199. The van der Waals surface area contributed by atoms with Crippen LogP contribution < -0.4 is 16.6 Å². The molecule has 1 aromatic rings. The molecule has 1 saturated heterocycles. The normalized spacial score (nSPS) is 17.8. The highest BCUT2D eigenvalue weighted by Crippen LogP contribution is 2.25. The van der Waals surface area contributed by atoms with Crippen LogP contribution in [0.2, 0.25) is 0 Å². The summed E-state index contributed by atoms with van der Waals surface area (Å²) in [7, 11) is 0. The topological polar surface area (TPSA) is 105 Å². The van der Waals surface area contributed by atoms with Crippen molar-refractivity contribution in [1.29, 1.82) is 0 Å². The first-order valence-electron chi connectivity index (χ1n) is 7.34. The summed E-state index contributed by atoms with van der Waals surface area (Å²) in [5, 5.41) is 13.7. The van der Waals surface area contributed by atoms with Crippen molar-refractivity contribution in [1.82, 2.24) is 9.97 Å². The fraction of sp³-hybridized carbons (Fsp3) is 0.714. The SMILES string of the molecule is Cc1c(NN)nc(C(C)C)nc1NCC1(O)CCOCC1. The molecule has 0 unspecified atom stereocenters. The maximum absolute atomic E-state index is 10.5. The molecule has 0 amide bonds. The lowest BCUT2D eigenvalue weighted by molar-refractivity contribution is -0.0543. The lowest BCUT2D eigenvalue weighted by Gasteiger charge is -2.32. The zero-order valence-electron chi connectivity index (χ0n) is 12.9. The molecule has 5 N–H and O–H groups in total. The molecule has 2 rings (SSSR count). The number of anilines is 2. The second kappa shape index (κ2) is 6.55. The lowest BCUT2D eigenvalue weighted by atomic mass is 9.94. The van der Waals surface area contributed by atoms with Crippen LogP contribution in [0.3, 0.4) is 0 Å². The molecule has 1 fully saturated rings. The Balaban J connectivity index is 2.16. The number of aliphatic hydroxyl groups is 1. The molecule has 7 heteroatoms. The summed E-state index contributed by atoms with van der Waals surface area (Å²) in [6.07, 6.45) is 1.26. The number of ether oxygens (including phenoxy) is 1. The number of nitrogens with two attached hydrogens (primary N) is 1. The number of aromatic nitrogens is 2. The van der Waals surface area contributed by atoms with E-state index in [1.54, 1.807) is 0 Å². The molecule has 0 spiro atoms. The van der Waals surface area contributed by atoms with Gasteiger partial charge in [-0.1, -0.05) is 13.8 Å². The van der Waals surface area contributed by atoms with E-state index in [1.165, 1.54) is 0 Å². The second-order valence-electron chi connectivity index (χ2n) is 5.89. The van der Waals surface area contributed by atoms with Crippen LogP contribution in [0.4, 0.5) is 11.6 Å². The minimum Gasteiger partial charge on any atom is -0.388 e. The zero-order chi connectivity index (χ0) is 15.5. The van der Waals surface area contributed by atoms with Gasteiger partial charge in [0.05, 0.1) is 5.60 Å². The van der Waals surface area contributed by atoms with E-state index in [0.29, 0.717) is 44.2 Å². The maximum atomic E-state index is 10.5. The van der Waals surface area contributed by atoms with Crippen molar-refractivity contribution < 1.29 is 9.84 Å². The number of rotatable bonds is 5. The third kappa shape index (κ3) is 3.81. The van der Waals surface area contributed by atoms with Gasteiger partial charge in [0.15, 0.2) is 0 Å². The van der Waals surface area contributed by atoms with E-state index in [2.05, 4.69) is 20.7 Å². The highest BCUT2D eigenvalue weighted by Gasteiger charge is 2.30. The number of nitrogen functional groups attached to an aromatic ring is 1. The monoisotopic (exact) mass is 295 g/mol. The van der Waals surface area contributed by atoms with E-state index in [-0.39, 0.29) is 5.92 Å². The number of nitrogens with zero attached hydrogens (tertiary/aromatic N) is 2. The van der Waals surface area contributed by atoms with Gasteiger partial charge in [-0.25, -0.2) is 15.8 Å². The van der Waals surface area contributed by atoms with Gasteiger partial charge in [0.2, 0.25) is 0 Å². The molecule has 118 valence electrons. The average Bonchev–Trinajstić information content (AvgIpc) is 2.46. The Morgan fingerprint density at radius 3 is 2.48 bits per heavy atom. The van der Waals surface area contributed by atoms with Crippen molar-refractivity contribution >= 4 is 11.6 Å². The Morgan fingerprint density at radius 2 is 1.90 bits per heavy atom. The Bertz CT molecular complexity index is 486. The van der Waals surface area contributed by atoms with Crippen LogP contribution >= 0.6 is 0 Å². The summed E-state index contributed by atoms with van der Waals surface area (Å²) in [5.74, 6) is 7.75. The summed E-state index contributed by atoms with van der Waals surface area (Å²) >= 11 is 0. The van der Waals surface area contributed by atoms with E-state index in [9.17, 15) is 5.11 Å². The first kappa shape index (κ1) is 15.9. The molecule has 1 aliphatic rings. The van der Waals surface area contributed by atoms with E-state index < -0.39 is 5.60 Å². The predicted octanol–water partition coefficient (Wildman–Crippen LogP) is 1.15. The molecule has 2 heterocycles. The van der Waals surface area contributed by atoms with Gasteiger partial charge in [-0.05, 0) is 6.92 Å². The van der Waals surface area contributed by atoms with Crippen LogP contribution in [-0.4, -0.2) is 40.4 Å². The standard InChI is InChI=1S/C14H25N5O2/c1-9(2)11-17-12(10(3)13(18-11)19-15)16-8-14(20)4-6-21-7-5-14/h9,20H,4-8,15H2,1-3H3,(H2,16,17,18,19). The third-order valence-corrected chi connectivity index (χ3v) is 3.82. The Kier molecular flexibility index (Phi) is 4.97. The zero-order valence-corrected chi connectivity index (χ0v) is 12.9. The largest absolute Gasteiger partial charge is 0.388 e. The first-order chi connectivity index (χ1) is 9.95. The van der Waals surface area contributed by atoms with Gasteiger partial charge < -0.3 is 20.6 Å². The van der Waals surface area contributed by atoms with E-state index in [4.69, 9.17) is 10.6 Å². The average molecular weight is 295 g/mol. The van der Waals surface area contributed by atoms with Crippen LogP contribution in [0.15, 0.2) is 0 Å². The number of hydrogen-bond acceptors (Lipinski definition) is 7. The molecule has 0 atom stereocenters. The van der Waals surface area contributed by atoms with Crippen molar-refractivity contribution in [2.45, 2.75) is 45.1 Å². The molecule has 0 aliphatic carbocycles. The van der Waals surface area contributed by atoms with Gasteiger partial charge in [-0.2, -0.15) is 0 Å². The Hall–Kier alpha value is -1.44. The molecule has 0 saturated carbocycles. The summed E-state index contributed by atoms with van der Waals surface area (Å²) in [5.41, 5.74) is 2.70. The van der Waals surface area contributed by atoms with Crippen molar-refractivity contribution in [2.75, 3.05) is 30.5 Å². The molecule has 0 bridgehead atoms. The molecule has 0 aromatic carbocycles. The van der Waals surface area contributed by atoms with Crippen molar-refractivity contribution in [3.05, 3.63) is 11.4 Å². The molecule has 1 aromatic heterocycles. The number of hydrogen-bond donors (Lipinski definition) is 4. The fourth-order valence-corrected chi connectivity index (χ4v) is 2.28. The van der Waals surface area contributed by atoms with Gasteiger partial charge in [-0.3, -0.25) is 0 Å². The maximum Gasteiger partial charge on any atom is 0.148 e. The first-order valence-corrected chi connectivity index (χ1v) is 7.34. The molecular weight excluding hydrogens is 270 g/mol. The number of hydrazine groups is 1. The Morgan fingerprint density at radius 1 is 1.29 bits per heavy atom. The van der Waals surface area contributed by atoms with Crippen molar-refractivity contribution in [2.24, 2.45) is 5.84 Å². The predicted molar refractivity (Wildman–Crippen MR) is 82.2 cm³/mol. The summed E-state index contributed by atoms with van der Waals surface area (Å²) in [6, 6.07) is 0. The van der Waals surface area contributed by atoms with Crippen LogP contribution in [0.25, 0.3) is 0 Å². The minimum atomic E-state index is -0.746. The van der Waals surface area contributed by atoms with Gasteiger partial charge in [0, 0.05) is 44.1 Å². The molecule has 0 radical (unpaired) electrons. The van der Waals surface area contributed by atoms with Gasteiger partial charge >= 0.3 is 0 Å². The molecular formula is C14H25N5O2. The Labute approximate surface area is 125 Å². The van der Waals surface area contributed by atoms with Crippen molar-refractivity contribution in [3.8, 4) is 0 Å². The highest BCUT2D eigenvalue weighted by atomic mass is 16.5. The lowest BCUT2D eigenvalue weighted by Crippen LogP contribution is -2.42. The fourth-order valence-electron chi connectivity index (χ4n) is 2.28. The quantitative estimate of drug-likeness (QED) is 0.477. The summed E-state index contributed by atoms with van der Waals surface area (Å²) < 4.78 is 5.29. The van der Waals surface area contributed by atoms with Crippen LogP contribution in [0.5, 0.6) is 0 Å². The van der Waals surface area contributed by atoms with E-state index >= 15 is 0 Å². The number of nitrogens with one attached hydrogen (secondary N) is 2. The molecule has 21 heavy (non-hydrogen) atoms. The van der Waals surface area contributed by atoms with Gasteiger partial charge in [-0.15, -0.1) is 0 Å². The van der Waals surface area contributed by atoms with Crippen LogP contribution in [-0.2, 0) is 4.74 Å². The summed E-state index contributed by atoms with van der Waals surface area (Å²) in [4.78, 5) is 8.93. The molecule has 1 aliphatic heterocycles. The molecule has 7 nitrogen and oxygen atoms in total. The smallest absolute Gasteiger partial charge is 0.148 e. The van der Waals surface area contributed by atoms with E-state index in [1.807, 2.05) is 20.8 Å². The van der Waals surface area contributed by atoms with E-state index in [0.717, 1.165) is 11.4 Å². The second-order valence-corrected chi connectivity index (χ2v) is 5.89. The third-order valence-electron chi connectivity index (χ3n) is 3.82.